The molecule has 0 aliphatic carbocycles. The summed E-state index contributed by atoms with van der Waals surface area (Å²) in [7, 11) is 0. The van der Waals surface area contributed by atoms with Crippen LogP contribution in [0.5, 0.6) is 0 Å². The van der Waals surface area contributed by atoms with Crippen molar-refractivity contribution < 1.29 is 14.4 Å². The molecular formula is C19H31NO3. The molecular weight excluding hydrogens is 290 g/mol. The number of anilines is 1. The highest BCUT2D eigenvalue weighted by Crippen LogP contribution is 2.39. The minimum atomic E-state index is -0.360. The average Bonchev–Trinajstić information content (AvgIpc) is 2.72. The molecule has 0 N–H and O–H groups in total. The highest BCUT2D eigenvalue weighted by molar-refractivity contribution is 5.44. The smallest absolute Gasteiger partial charge is 0.124 e. The molecule has 0 amide bonds. The summed E-state index contributed by atoms with van der Waals surface area (Å²) in [6.45, 7) is 12.1. The van der Waals surface area contributed by atoms with Crippen molar-refractivity contribution in [1.29, 1.82) is 0 Å². The lowest BCUT2D eigenvalue weighted by atomic mass is 9.90. The van der Waals surface area contributed by atoms with E-state index in [-0.39, 0.29) is 11.2 Å². The number of hydrogen-bond acceptors (Lipinski definition) is 4. The minimum Gasteiger partial charge on any atom is -0.381 e. The monoisotopic (exact) mass is 321 g/mol. The Morgan fingerprint density at radius 3 is 2.04 bits per heavy atom. The Balaban J connectivity index is 1.81. The second kappa shape index (κ2) is 7.65. The van der Waals surface area contributed by atoms with Gasteiger partial charge in [0.2, 0.25) is 0 Å². The van der Waals surface area contributed by atoms with E-state index < -0.39 is 0 Å². The van der Waals surface area contributed by atoms with Gasteiger partial charge in [0.15, 0.2) is 0 Å². The Morgan fingerprint density at radius 2 is 1.48 bits per heavy atom. The molecule has 0 radical (unpaired) electrons. The third-order valence-electron chi connectivity index (χ3n) is 4.62. The Labute approximate surface area is 140 Å². The van der Waals surface area contributed by atoms with Crippen molar-refractivity contribution in [3.8, 4) is 0 Å². The third kappa shape index (κ3) is 4.69. The molecule has 1 saturated heterocycles. The van der Waals surface area contributed by atoms with Crippen LogP contribution in [0.1, 0.15) is 59.4 Å². The van der Waals surface area contributed by atoms with Crippen LogP contribution in [0.4, 0.5) is 5.69 Å². The van der Waals surface area contributed by atoms with Crippen molar-refractivity contribution >= 4 is 5.69 Å². The first kappa shape index (κ1) is 18.2. The van der Waals surface area contributed by atoms with E-state index in [0.29, 0.717) is 0 Å². The van der Waals surface area contributed by atoms with Crippen LogP contribution in [0, 0.1) is 0 Å². The number of ether oxygens (including phenoxy) is 1. The Morgan fingerprint density at radius 1 is 0.913 bits per heavy atom. The highest BCUT2D eigenvalue weighted by Gasteiger charge is 2.50. The van der Waals surface area contributed by atoms with Gasteiger partial charge in [-0.15, -0.1) is 5.23 Å². The first-order valence-corrected chi connectivity index (χ1v) is 8.71. The largest absolute Gasteiger partial charge is 0.381 e. The van der Waals surface area contributed by atoms with Crippen LogP contribution in [0.2, 0.25) is 0 Å². The molecule has 0 unspecified atom stereocenters. The predicted octanol–water partition coefficient (Wildman–Crippen LogP) is 4.68. The van der Waals surface area contributed by atoms with Crippen molar-refractivity contribution in [2.45, 2.75) is 71.5 Å². The molecule has 4 heteroatoms. The summed E-state index contributed by atoms with van der Waals surface area (Å²) in [5.74, 6) is 0. The van der Waals surface area contributed by atoms with Gasteiger partial charge in [0.25, 0.3) is 0 Å². The van der Waals surface area contributed by atoms with E-state index in [9.17, 15) is 0 Å². The number of aryl methyl sites for hydroxylation is 1. The van der Waals surface area contributed by atoms with Crippen molar-refractivity contribution in [3.05, 3.63) is 29.8 Å². The van der Waals surface area contributed by atoms with Crippen LogP contribution in [-0.2, 0) is 20.8 Å². The molecule has 0 bridgehead atoms. The Bertz CT molecular complexity index is 466. The molecule has 2 rings (SSSR count). The lowest BCUT2D eigenvalue weighted by molar-refractivity contribution is -0.0273. The molecule has 1 aromatic carbocycles. The van der Waals surface area contributed by atoms with Crippen molar-refractivity contribution in [1.82, 2.24) is 0 Å². The summed E-state index contributed by atoms with van der Waals surface area (Å²) in [5.41, 5.74) is 1.51. The molecule has 1 fully saturated rings. The molecule has 1 aromatic rings. The second-order valence-corrected chi connectivity index (χ2v) is 7.20. The third-order valence-corrected chi connectivity index (χ3v) is 4.62. The summed E-state index contributed by atoms with van der Waals surface area (Å²) in [5, 5.41) is 1.54. The van der Waals surface area contributed by atoms with Crippen LogP contribution in [-0.4, -0.2) is 24.4 Å². The summed E-state index contributed by atoms with van der Waals surface area (Å²) in [6, 6.07) is 8.36. The van der Waals surface area contributed by atoms with E-state index >= 15 is 0 Å². The number of rotatable bonds is 8. The summed E-state index contributed by atoms with van der Waals surface area (Å²) in [6.07, 6.45) is 4.43. The fraction of sp³-hybridized carbons (Fsp3) is 0.684. The van der Waals surface area contributed by atoms with Gasteiger partial charge < -0.3 is 4.74 Å². The molecule has 0 spiro atoms. The topological polar surface area (TPSA) is 30.9 Å². The molecule has 130 valence electrons. The second-order valence-electron chi connectivity index (χ2n) is 7.20. The van der Waals surface area contributed by atoms with Gasteiger partial charge in [-0.3, -0.25) is 0 Å². The van der Waals surface area contributed by atoms with Gasteiger partial charge in [-0.05, 0) is 64.7 Å². The quantitative estimate of drug-likeness (QED) is 0.651. The molecule has 4 nitrogen and oxygen atoms in total. The average molecular weight is 321 g/mol. The van der Waals surface area contributed by atoms with Crippen molar-refractivity contribution in [3.63, 3.8) is 0 Å². The van der Waals surface area contributed by atoms with Crippen LogP contribution in [0.15, 0.2) is 24.3 Å². The lowest BCUT2D eigenvalue weighted by Gasteiger charge is -2.26. The van der Waals surface area contributed by atoms with E-state index in [2.05, 4.69) is 19.1 Å². The SMILES string of the molecule is CCCCOCCCc1ccc(N2OC(C)(C)C(C)(C)O2)cc1. The predicted molar refractivity (Wildman–Crippen MR) is 93.3 cm³/mol. The van der Waals surface area contributed by atoms with Crippen molar-refractivity contribution in [2.75, 3.05) is 18.4 Å². The van der Waals surface area contributed by atoms with Gasteiger partial charge in [0, 0.05) is 13.2 Å². The van der Waals surface area contributed by atoms with Crippen LogP contribution >= 0.6 is 0 Å². The van der Waals surface area contributed by atoms with E-state index in [4.69, 9.17) is 14.4 Å². The van der Waals surface area contributed by atoms with Gasteiger partial charge in [0.1, 0.15) is 11.2 Å². The van der Waals surface area contributed by atoms with Crippen LogP contribution < -0.4 is 5.23 Å². The first-order valence-electron chi connectivity index (χ1n) is 8.71. The number of unbranched alkanes of at least 4 members (excludes halogenated alkanes) is 1. The number of nitrogens with zero attached hydrogens (tertiary/aromatic N) is 1. The maximum Gasteiger partial charge on any atom is 0.124 e. The van der Waals surface area contributed by atoms with E-state index in [0.717, 1.165) is 38.2 Å². The van der Waals surface area contributed by atoms with Crippen LogP contribution in [0.25, 0.3) is 0 Å². The molecule has 0 aromatic heterocycles. The Kier molecular flexibility index (Phi) is 6.06. The van der Waals surface area contributed by atoms with E-state index in [1.54, 1.807) is 0 Å². The first-order chi connectivity index (χ1) is 10.9. The molecule has 1 aliphatic heterocycles. The molecule has 1 heterocycles. The summed E-state index contributed by atoms with van der Waals surface area (Å²) >= 11 is 0. The molecule has 23 heavy (non-hydrogen) atoms. The summed E-state index contributed by atoms with van der Waals surface area (Å²) in [4.78, 5) is 11.8. The highest BCUT2D eigenvalue weighted by atomic mass is 17.0. The molecule has 1 aliphatic rings. The zero-order valence-corrected chi connectivity index (χ0v) is 15.2. The number of hydrogen-bond donors (Lipinski definition) is 0. The summed E-state index contributed by atoms with van der Waals surface area (Å²) < 4.78 is 5.60. The van der Waals surface area contributed by atoms with Gasteiger partial charge in [-0.25, -0.2) is 9.68 Å². The van der Waals surface area contributed by atoms with Crippen molar-refractivity contribution in [2.24, 2.45) is 0 Å². The number of benzene rings is 1. The molecule has 0 atom stereocenters. The zero-order valence-electron chi connectivity index (χ0n) is 15.2. The van der Waals surface area contributed by atoms with Crippen LogP contribution in [0.3, 0.4) is 0 Å². The maximum atomic E-state index is 5.92. The Hall–Kier alpha value is -1.10. The van der Waals surface area contributed by atoms with Gasteiger partial charge in [-0.1, -0.05) is 25.5 Å². The minimum absolute atomic E-state index is 0.360. The van der Waals surface area contributed by atoms with Gasteiger partial charge >= 0.3 is 0 Å². The van der Waals surface area contributed by atoms with E-state index in [1.807, 2.05) is 39.8 Å². The maximum absolute atomic E-state index is 5.92. The fourth-order valence-electron chi connectivity index (χ4n) is 2.27. The normalized spacial score (nSPS) is 19.3. The lowest BCUT2D eigenvalue weighted by Crippen LogP contribution is -2.41. The zero-order chi connectivity index (χ0) is 16.9. The van der Waals surface area contributed by atoms with Gasteiger partial charge in [0.05, 0.1) is 5.69 Å². The van der Waals surface area contributed by atoms with E-state index in [1.165, 1.54) is 17.2 Å². The molecule has 0 saturated carbocycles. The standard InChI is InChI=1S/C19H31NO3/c1-6-7-14-21-15-8-9-16-10-12-17(13-11-16)20-22-18(2,3)19(4,5)23-20/h10-13H,6-9,14-15H2,1-5H3. The fourth-order valence-corrected chi connectivity index (χ4v) is 2.27. The van der Waals surface area contributed by atoms with Gasteiger partial charge in [-0.2, -0.15) is 0 Å².